The minimum Gasteiger partial charge on any atom is -0.489 e. The molecule has 0 aliphatic carbocycles. The van der Waals surface area contributed by atoms with Crippen molar-refractivity contribution in [3.8, 4) is 5.75 Å². The van der Waals surface area contributed by atoms with E-state index in [-0.39, 0.29) is 17.8 Å². The van der Waals surface area contributed by atoms with Gasteiger partial charge in [0, 0.05) is 31.6 Å². The lowest BCUT2D eigenvalue weighted by atomic mass is 10.1. The van der Waals surface area contributed by atoms with Gasteiger partial charge in [-0.05, 0) is 45.4 Å². The molecule has 1 aromatic rings. The number of aryl methyl sites for hydroxylation is 1. The van der Waals surface area contributed by atoms with Crippen molar-refractivity contribution in [2.75, 3.05) is 18.8 Å². The Kier molecular flexibility index (Phi) is 5.45. The second-order valence-electron chi connectivity index (χ2n) is 7.36. The van der Waals surface area contributed by atoms with Gasteiger partial charge in [0.05, 0.1) is 5.56 Å². The Hall–Kier alpha value is -2.44. The molecule has 0 saturated carbocycles. The van der Waals surface area contributed by atoms with Crippen LogP contribution in [0.5, 0.6) is 5.75 Å². The van der Waals surface area contributed by atoms with E-state index < -0.39 is 11.5 Å². The quantitative estimate of drug-likeness (QED) is 0.815. The first kappa shape index (κ1) is 18.9. The fourth-order valence-electron chi connectivity index (χ4n) is 2.79. The maximum atomic E-state index is 12.1. The number of benzene rings is 1. The van der Waals surface area contributed by atoms with Crippen LogP contribution in [-0.4, -0.2) is 41.7 Å². The highest BCUT2D eigenvalue weighted by molar-refractivity contribution is 5.97. The van der Waals surface area contributed by atoms with Crippen molar-refractivity contribution in [1.29, 1.82) is 0 Å². The molecule has 0 unspecified atom stereocenters. The summed E-state index contributed by atoms with van der Waals surface area (Å²) in [5, 5.41) is 0. The number of nitrogens with zero attached hydrogens (tertiary/aromatic N) is 1. The number of rotatable bonds is 3. The van der Waals surface area contributed by atoms with E-state index in [1.165, 1.54) is 6.07 Å². The lowest BCUT2D eigenvalue weighted by Gasteiger charge is -2.34. The highest BCUT2D eigenvalue weighted by atomic mass is 16.6. The molecule has 1 heterocycles. The first-order chi connectivity index (χ1) is 11.6. The average Bonchev–Trinajstić information content (AvgIpc) is 2.48. The van der Waals surface area contributed by atoms with E-state index in [1.54, 1.807) is 11.0 Å². The number of amides is 2. The predicted octanol–water partition coefficient (Wildman–Crippen LogP) is 2.45. The third kappa shape index (κ3) is 5.01. The van der Waals surface area contributed by atoms with E-state index in [1.807, 2.05) is 27.7 Å². The van der Waals surface area contributed by atoms with E-state index in [4.69, 9.17) is 20.9 Å². The van der Waals surface area contributed by atoms with E-state index in [0.29, 0.717) is 37.4 Å². The molecular weight excluding hydrogens is 322 g/mol. The van der Waals surface area contributed by atoms with Crippen LogP contribution < -0.4 is 16.2 Å². The van der Waals surface area contributed by atoms with Gasteiger partial charge in [0.2, 0.25) is 0 Å². The number of carbonyl (C=O) groups excluding carboxylic acids is 2. The highest BCUT2D eigenvalue weighted by Crippen LogP contribution is 2.29. The van der Waals surface area contributed by atoms with Crippen LogP contribution in [0, 0.1) is 6.92 Å². The second kappa shape index (κ2) is 7.21. The lowest BCUT2D eigenvalue weighted by molar-refractivity contribution is 0.0125. The minimum atomic E-state index is -0.573. The zero-order valence-electron chi connectivity index (χ0n) is 15.3. The number of nitrogens with two attached hydrogens (primary N) is 2. The number of carbonyl (C=O) groups is 2. The largest absolute Gasteiger partial charge is 0.489 e. The standard InChI is InChI=1S/C18H27N3O4/c1-11-9-12(19)10-14(16(20)22)15(11)24-13-5-7-21(8-6-13)17(23)25-18(2,3)4/h9-10,13H,5-8,19H2,1-4H3,(H2,20,22). The van der Waals surface area contributed by atoms with Crippen LogP contribution in [0.4, 0.5) is 10.5 Å². The van der Waals surface area contributed by atoms with Crippen LogP contribution in [0.2, 0.25) is 0 Å². The van der Waals surface area contributed by atoms with Crippen molar-refractivity contribution in [3.63, 3.8) is 0 Å². The predicted molar refractivity (Wildman–Crippen MR) is 95.6 cm³/mol. The summed E-state index contributed by atoms with van der Waals surface area (Å²) in [4.78, 5) is 25.4. The van der Waals surface area contributed by atoms with Gasteiger partial charge in [-0.25, -0.2) is 4.79 Å². The molecule has 1 aromatic carbocycles. The third-order valence-electron chi connectivity index (χ3n) is 3.94. The molecule has 1 saturated heterocycles. The van der Waals surface area contributed by atoms with Gasteiger partial charge in [-0.2, -0.15) is 0 Å². The molecule has 25 heavy (non-hydrogen) atoms. The summed E-state index contributed by atoms with van der Waals surface area (Å²) in [6.45, 7) is 8.44. The molecule has 2 amide bonds. The summed E-state index contributed by atoms with van der Waals surface area (Å²) in [5.41, 5.74) is 12.2. The van der Waals surface area contributed by atoms with Crippen LogP contribution in [0.1, 0.15) is 49.5 Å². The SMILES string of the molecule is Cc1cc(N)cc(C(N)=O)c1OC1CCN(C(=O)OC(C)(C)C)CC1. The summed E-state index contributed by atoms with van der Waals surface area (Å²) in [6.07, 6.45) is 0.897. The molecule has 1 aliphatic heterocycles. The molecule has 1 aliphatic rings. The van der Waals surface area contributed by atoms with Crippen molar-refractivity contribution >= 4 is 17.7 Å². The number of likely N-dealkylation sites (tertiary alicyclic amines) is 1. The van der Waals surface area contributed by atoms with Crippen molar-refractivity contribution in [2.24, 2.45) is 5.73 Å². The molecule has 7 heteroatoms. The molecular formula is C18H27N3O4. The molecule has 0 atom stereocenters. The van der Waals surface area contributed by atoms with Gasteiger partial charge in [-0.3, -0.25) is 4.79 Å². The van der Waals surface area contributed by atoms with E-state index >= 15 is 0 Å². The summed E-state index contributed by atoms with van der Waals surface area (Å²) >= 11 is 0. The number of hydrogen-bond acceptors (Lipinski definition) is 5. The maximum Gasteiger partial charge on any atom is 0.410 e. The summed E-state index contributed by atoms with van der Waals surface area (Å²) in [7, 11) is 0. The molecule has 0 aromatic heterocycles. The lowest BCUT2D eigenvalue weighted by Crippen LogP contribution is -2.44. The van der Waals surface area contributed by atoms with E-state index in [2.05, 4.69) is 0 Å². The van der Waals surface area contributed by atoms with Gasteiger partial charge in [0.15, 0.2) is 0 Å². The van der Waals surface area contributed by atoms with E-state index in [0.717, 1.165) is 5.56 Å². The summed E-state index contributed by atoms with van der Waals surface area (Å²) < 4.78 is 11.4. The topological polar surface area (TPSA) is 108 Å². The zero-order valence-corrected chi connectivity index (χ0v) is 15.3. The molecule has 7 nitrogen and oxygen atoms in total. The molecule has 0 spiro atoms. The fraction of sp³-hybridized carbons (Fsp3) is 0.556. The molecule has 0 bridgehead atoms. The summed E-state index contributed by atoms with van der Waals surface area (Å²) in [5.74, 6) is -0.103. The third-order valence-corrected chi connectivity index (χ3v) is 3.94. The molecule has 0 radical (unpaired) electrons. The molecule has 2 rings (SSSR count). The van der Waals surface area contributed by atoms with Gasteiger partial charge in [0.1, 0.15) is 17.5 Å². The zero-order chi connectivity index (χ0) is 18.8. The van der Waals surface area contributed by atoms with Gasteiger partial charge in [-0.15, -0.1) is 0 Å². The molecule has 138 valence electrons. The first-order valence-corrected chi connectivity index (χ1v) is 8.41. The van der Waals surface area contributed by atoms with Gasteiger partial charge in [-0.1, -0.05) is 0 Å². The number of hydrogen-bond donors (Lipinski definition) is 2. The molecule has 4 N–H and O–H groups in total. The number of piperidine rings is 1. The van der Waals surface area contributed by atoms with Gasteiger partial charge >= 0.3 is 6.09 Å². The normalized spacial score (nSPS) is 15.8. The van der Waals surface area contributed by atoms with Gasteiger partial charge in [0.25, 0.3) is 5.91 Å². The number of anilines is 1. The Balaban J connectivity index is 2.01. The Labute approximate surface area is 148 Å². The highest BCUT2D eigenvalue weighted by Gasteiger charge is 2.28. The van der Waals surface area contributed by atoms with Crippen molar-refractivity contribution in [2.45, 2.75) is 52.2 Å². The van der Waals surface area contributed by atoms with Crippen LogP contribution >= 0.6 is 0 Å². The average molecular weight is 349 g/mol. The van der Waals surface area contributed by atoms with Crippen molar-refractivity contribution in [1.82, 2.24) is 4.90 Å². The summed E-state index contributed by atoms with van der Waals surface area (Å²) in [6, 6.07) is 3.28. The smallest absolute Gasteiger partial charge is 0.410 e. The first-order valence-electron chi connectivity index (χ1n) is 8.41. The van der Waals surface area contributed by atoms with E-state index in [9.17, 15) is 9.59 Å². The Bertz CT molecular complexity index is 659. The van der Waals surface area contributed by atoms with Crippen LogP contribution in [-0.2, 0) is 4.74 Å². The Morgan fingerprint density at radius 1 is 1.20 bits per heavy atom. The van der Waals surface area contributed by atoms with Crippen molar-refractivity contribution < 1.29 is 19.1 Å². The Morgan fingerprint density at radius 3 is 2.32 bits per heavy atom. The minimum absolute atomic E-state index is 0.0980. The van der Waals surface area contributed by atoms with Crippen molar-refractivity contribution in [3.05, 3.63) is 23.3 Å². The fourth-order valence-corrected chi connectivity index (χ4v) is 2.79. The molecule has 1 fully saturated rings. The second-order valence-corrected chi connectivity index (χ2v) is 7.36. The van der Waals surface area contributed by atoms with Crippen LogP contribution in [0.3, 0.4) is 0 Å². The van der Waals surface area contributed by atoms with Crippen LogP contribution in [0.25, 0.3) is 0 Å². The number of primary amides is 1. The Morgan fingerprint density at radius 2 is 1.80 bits per heavy atom. The van der Waals surface area contributed by atoms with Gasteiger partial charge < -0.3 is 25.8 Å². The van der Waals surface area contributed by atoms with Crippen LogP contribution in [0.15, 0.2) is 12.1 Å². The monoisotopic (exact) mass is 349 g/mol. The number of nitrogen functional groups attached to an aromatic ring is 1. The maximum absolute atomic E-state index is 12.1. The number of ether oxygens (including phenoxy) is 2.